The maximum absolute atomic E-state index is 9.49. The third kappa shape index (κ3) is 16.7. The van der Waals surface area contributed by atoms with Crippen molar-refractivity contribution in [2.45, 2.75) is 19.8 Å². The van der Waals surface area contributed by atoms with Crippen molar-refractivity contribution in [1.82, 2.24) is 0 Å². The van der Waals surface area contributed by atoms with Gasteiger partial charge in [0, 0.05) is 5.97 Å². The number of carboxylic acid groups (broad SMARTS) is 1. The topological polar surface area (TPSA) is 68.6 Å². The van der Waals surface area contributed by atoms with Crippen molar-refractivity contribution in [3.63, 3.8) is 0 Å². The van der Waals surface area contributed by atoms with Crippen LogP contribution in [0.5, 0.6) is 0 Å². The standard InChI is InChI=1S/C4H8O2.Al.O/c1-2-3-4(5)6;;/h2-3H2,1H3,(H,5,6);;/q;+3;-2/p-1. The van der Waals surface area contributed by atoms with Gasteiger partial charge >= 0.3 is 17.4 Å². The van der Waals surface area contributed by atoms with E-state index in [0.717, 1.165) is 0 Å². The monoisotopic (exact) mass is 130 g/mol. The Kier molecular flexibility index (Phi) is 19.7. The largest absolute Gasteiger partial charge is 3.00 e. The minimum Gasteiger partial charge on any atom is -2.00 e. The van der Waals surface area contributed by atoms with Crippen LogP contribution in [0, 0.1) is 0 Å². The average molecular weight is 130 g/mol. The second kappa shape index (κ2) is 10.1. The smallest absolute Gasteiger partial charge is 2.00 e. The number of carboxylic acids is 1. The molecule has 0 aromatic rings. The molecule has 44 valence electrons. The molecule has 3 nitrogen and oxygen atoms in total. The molecule has 0 heterocycles. The fourth-order valence-electron chi connectivity index (χ4n) is 0.204. The van der Waals surface area contributed by atoms with Crippen molar-refractivity contribution in [3.8, 4) is 0 Å². The molecule has 0 bridgehead atoms. The number of carbonyl (C=O) groups excluding carboxylic acids is 1. The van der Waals surface area contributed by atoms with Gasteiger partial charge in [-0.1, -0.05) is 13.3 Å². The van der Waals surface area contributed by atoms with Crippen LogP contribution in [-0.4, -0.2) is 23.3 Å². The van der Waals surface area contributed by atoms with Gasteiger partial charge in [0.05, 0.1) is 0 Å². The van der Waals surface area contributed by atoms with E-state index in [1.165, 1.54) is 0 Å². The Morgan fingerprint density at radius 3 is 2.00 bits per heavy atom. The van der Waals surface area contributed by atoms with Gasteiger partial charge < -0.3 is 15.4 Å². The molecule has 0 aliphatic heterocycles. The minimum atomic E-state index is -0.961. The van der Waals surface area contributed by atoms with E-state index in [1.54, 1.807) is 6.92 Å². The predicted octanol–water partition coefficient (Wildman–Crippen LogP) is -0.963. The van der Waals surface area contributed by atoms with Gasteiger partial charge in [0.2, 0.25) is 0 Å². The van der Waals surface area contributed by atoms with Crippen LogP contribution in [-0.2, 0) is 10.3 Å². The summed E-state index contributed by atoms with van der Waals surface area (Å²) in [6, 6.07) is 0. The van der Waals surface area contributed by atoms with E-state index in [0.29, 0.717) is 6.42 Å². The number of hydrogen-bond donors (Lipinski definition) is 0. The molecule has 0 atom stereocenters. The van der Waals surface area contributed by atoms with Crippen molar-refractivity contribution in [3.05, 3.63) is 0 Å². The average Bonchev–Trinajstić information content (AvgIpc) is 1.35. The summed E-state index contributed by atoms with van der Waals surface area (Å²) < 4.78 is 0. The molecule has 0 unspecified atom stereocenters. The van der Waals surface area contributed by atoms with E-state index < -0.39 is 5.97 Å². The first kappa shape index (κ1) is 15.7. The summed E-state index contributed by atoms with van der Waals surface area (Å²) in [6.07, 6.45) is 0.850. The van der Waals surface area contributed by atoms with Gasteiger partial charge in [-0.05, 0) is 6.42 Å². The molecule has 0 radical (unpaired) electrons. The van der Waals surface area contributed by atoms with Crippen molar-refractivity contribution >= 4 is 23.3 Å². The zero-order chi connectivity index (χ0) is 4.99. The quantitative estimate of drug-likeness (QED) is 0.451. The Balaban J connectivity index is -0.000000125. The number of aliphatic carboxylic acids is 1. The summed E-state index contributed by atoms with van der Waals surface area (Å²) in [5, 5.41) is 9.49. The summed E-state index contributed by atoms with van der Waals surface area (Å²) in [5.41, 5.74) is 0. The van der Waals surface area contributed by atoms with Gasteiger partial charge in [-0.15, -0.1) is 0 Å². The molecule has 0 aliphatic carbocycles. The number of hydrogen-bond acceptors (Lipinski definition) is 2. The van der Waals surface area contributed by atoms with Gasteiger partial charge in [-0.2, -0.15) is 0 Å². The van der Waals surface area contributed by atoms with Crippen LogP contribution in [0.15, 0.2) is 0 Å². The van der Waals surface area contributed by atoms with Crippen molar-refractivity contribution in [1.29, 1.82) is 0 Å². The zero-order valence-electron chi connectivity index (χ0n) is 4.72. The van der Waals surface area contributed by atoms with Crippen molar-refractivity contribution < 1.29 is 15.4 Å². The fraction of sp³-hybridized carbons (Fsp3) is 0.750. The zero-order valence-corrected chi connectivity index (χ0v) is 5.87. The summed E-state index contributed by atoms with van der Waals surface area (Å²) in [6.45, 7) is 1.80. The van der Waals surface area contributed by atoms with E-state index in [9.17, 15) is 9.90 Å². The molecule has 0 aromatic heterocycles. The summed E-state index contributed by atoms with van der Waals surface area (Å²) in [7, 11) is 0. The van der Waals surface area contributed by atoms with E-state index in [1.807, 2.05) is 0 Å². The van der Waals surface area contributed by atoms with Gasteiger partial charge in [-0.3, -0.25) is 0 Å². The minimum absolute atomic E-state index is 0. The number of carbonyl (C=O) groups is 1. The Morgan fingerprint density at radius 1 is 1.62 bits per heavy atom. The van der Waals surface area contributed by atoms with Crippen LogP contribution in [0.4, 0.5) is 0 Å². The Bertz CT molecular complexity index is 55.2. The molecule has 0 N–H and O–H groups in total. The molecule has 8 heavy (non-hydrogen) atoms. The first-order chi connectivity index (χ1) is 2.77. The molecule has 0 spiro atoms. The van der Waals surface area contributed by atoms with Crippen LogP contribution in [0.1, 0.15) is 19.8 Å². The first-order valence-corrected chi connectivity index (χ1v) is 1.97. The third-order valence-corrected chi connectivity index (χ3v) is 0.454. The second-order valence-electron chi connectivity index (χ2n) is 1.12. The molecule has 4 heteroatoms. The van der Waals surface area contributed by atoms with Crippen LogP contribution in [0.2, 0.25) is 0 Å². The van der Waals surface area contributed by atoms with E-state index >= 15 is 0 Å². The van der Waals surface area contributed by atoms with Crippen LogP contribution in [0.25, 0.3) is 0 Å². The maximum Gasteiger partial charge on any atom is 3.00 e. The molecule has 0 saturated carbocycles. The predicted molar refractivity (Wildman–Crippen MR) is 26.4 cm³/mol. The van der Waals surface area contributed by atoms with Gasteiger partial charge in [0.25, 0.3) is 0 Å². The molecule has 0 fully saturated rings. The normalized spacial score (nSPS) is 6.12. The molecular weight excluding hydrogens is 123 g/mol. The van der Waals surface area contributed by atoms with E-state index in [-0.39, 0.29) is 29.3 Å². The molecule has 0 aliphatic rings. The maximum atomic E-state index is 9.49. The van der Waals surface area contributed by atoms with E-state index in [2.05, 4.69) is 0 Å². The number of rotatable bonds is 2. The molecular formula is C4H7AlO3. The van der Waals surface area contributed by atoms with Crippen LogP contribution < -0.4 is 5.11 Å². The fourth-order valence-corrected chi connectivity index (χ4v) is 0.204. The van der Waals surface area contributed by atoms with Gasteiger partial charge in [0.15, 0.2) is 0 Å². The molecule has 0 rings (SSSR count). The van der Waals surface area contributed by atoms with Crippen molar-refractivity contribution in [2.75, 3.05) is 0 Å². The van der Waals surface area contributed by atoms with Crippen LogP contribution in [0.3, 0.4) is 0 Å². The van der Waals surface area contributed by atoms with Gasteiger partial charge in [-0.25, -0.2) is 0 Å². The Labute approximate surface area is 59.1 Å². The first-order valence-electron chi connectivity index (χ1n) is 1.97. The van der Waals surface area contributed by atoms with Gasteiger partial charge in [0.1, 0.15) is 0 Å². The van der Waals surface area contributed by atoms with Crippen LogP contribution >= 0.6 is 0 Å². The Hall–Kier alpha value is -0.0375. The molecule has 0 aromatic carbocycles. The SMILES string of the molecule is CCCC(=O)[O-].[Al+3].[O-2]. The summed E-state index contributed by atoms with van der Waals surface area (Å²) >= 11 is 0. The summed E-state index contributed by atoms with van der Waals surface area (Å²) in [5.74, 6) is -0.961. The Morgan fingerprint density at radius 2 is 2.00 bits per heavy atom. The second-order valence-corrected chi connectivity index (χ2v) is 1.12. The van der Waals surface area contributed by atoms with Crippen molar-refractivity contribution in [2.24, 2.45) is 0 Å². The third-order valence-electron chi connectivity index (χ3n) is 0.454. The molecule has 0 saturated heterocycles. The molecule has 0 amide bonds. The summed E-state index contributed by atoms with van der Waals surface area (Å²) in [4.78, 5) is 9.49. The van der Waals surface area contributed by atoms with E-state index in [4.69, 9.17) is 0 Å².